The standard InChI is InChI=1S/C14H13NO4S/c1-10(16)14-11(12-7-3-4-9-15(12)2)6-5-8-13(14)20(17,18)19/h3-9H,1-2H3. The summed E-state index contributed by atoms with van der Waals surface area (Å²) in [5, 5.41) is 0. The van der Waals surface area contributed by atoms with Crippen LogP contribution in [-0.4, -0.2) is 18.8 Å². The van der Waals surface area contributed by atoms with Crippen LogP contribution in [0.3, 0.4) is 0 Å². The van der Waals surface area contributed by atoms with Gasteiger partial charge in [-0.3, -0.25) is 4.79 Å². The largest absolute Gasteiger partial charge is 0.744 e. The van der Waals surface area contributed by atoms with Gasteiger partial charge in [-0.1, -0.05) is 6.07 Å². The van der Waals surface area contributed by atoms with Crippen LogP contribution in [0.15, 0.2) is 47.5 Å². The number of carbonyl (C=O) groups excluding carboxylic acids is 1. The van der Waals surface area contributed by atoms with E-state index in [1.807, 2.05) is 6.07 Å². The molecule has 0 amide bonds. The molecule has 0 atom stereocenters. The van der Waals surface area contributed by atoms with E-state index in [9.17, 15) is 17.8 Å². The van der Waals surface area contributed by atoms with Gasteiger partial charge in [-0.15, -0.1) is 0 Å². The number of pyridine rings is 1. The van der Waals surface area contributed by atoms with Crippen molar-refractivity contribution in [1.29, 1.82) is 0 Å². The molecule has 0 spiro atoms. The number of rotatable bonds is 3. The van der Waals surface area contributed by atoms with Gasteiger partial charge in [0.15, 0.2) is 12.0 Å². The van der Waals surface area contributed by atoms with Crippen molar-refractivity contribution in [2.75, 3.05) is 0 Å². The topological polar surface area (TPSA) is 78.1 Å². The summed E-state index contributed by atoms with van der Waals surface area (Å²) in [4.78, 5) is 11.3. The molecule has 0 N–H and O–H groups in total. The van der Waals surface area contributed by atoms with Gasteiger partial charge in [0.05, 0.1) is 10.5 Å². The molecule has 1 heterocycles. The van der Waals surface area contributed by atoms with Gasteiger partial charge in [0, 0.05) is 17.7 Å². The number of benzene rings is 1. The Hall–Kier alpha value is -2.05. The number of hydrogen-bond acceptors (Lipinski definition) is 4. The number of Topliss-reactive ketones (excluding diaryl/α,β-unsaturated/α-hetero) is 1. The van der Waals surface area contributed by atoms with E-state index in [0.717, 1.165) is 6.07 Å². The molecule has 0 unspecified atom stereocenters. The van der Waals surface area contributed by atoms with Crippen molar-refractivity contribution in [3.63, 3.8) is 0 Å². The fourth-order valence-corrected chi connectivity index (χ4v) is 2.87. The van der Waals surface area contributed by atoms with E-state index in [4.69, 9.17) is 0 Å². The Kier molecular flexibility index (Phi) is 3.69. The molecule has 1 aromatic heterocycles. The number of ketones is 1. The van der Waals surface area contributed by atoms with Crippen LogP contribution in [-0.2, 0) is 17.2 Å². The van der Waals surface area contributed by atoms with E-state index in [-0.39, 0.29) is 5.56 Å². The normalized spacial score (nSPS) is 11.3. The predicted octanol–water partition coefficient (Wildman–Crippen LogP) is 1.28. The van der Waals surface area contributed by atoms with Crippen molar-refractivity contribution in [3.8, 4) is 11.3 Å². The maximum Gasteiger partial charge on any atom is 0.213 e. The molecule has 2 aromatic rings. The van der Waals surface area contributed by atoms with Crippen LogP contribution in [0.1, 0.15) is 17.3 Å². The maximum atomic E-state index is 11.8. The van der Waals surface area contributed by atoms with Gasteiger partial charge in [-0.25, -0.2) is 13.0 Å². The van der Waals surface area contributed by atoms with Crippen LogP contribution in [0.5, 0.6) is 0 Å². The van der Waals surface area contributed by atoms with E-state index < -0.39 is 20.8 Å². The van der Waals surface area contributed by atoms with Crippen molar-refractivity contribution in [1.82, 2.24) is 0 Å². The Labute approximate surface area is 117 Å². The summed E-state index contributed by atoms with van der Waals surface area (Å²) in [5.41, 5.74) is 1.02. The molecule has 0 aliphatic carbocycles. The smallest absolute Gasteiger partial charge is 0.213 e. The highest BCUT2D eigenvalue weighted by molar-refractivity contribution is 7.85. The third-order valence-electron chi connectivity index (χ3n) is 2.98. The van der Waals surface area contributed by atoms with Crippen LogP contribution in [0, 0.1) is 0 Å². The molecule has 0 saturated carbocycles. The lowest BCUT2D eigenvalue weighted by molar-refractivity contribution is -0.660. The fraction of sp³-hybridized carbons (Fsp3) is 0.143. The summed E-state index contributed by atoms with van der Waals surface area (Å²) in [6.45, 7) is 1.25. The third-order valence-corrected chi connectivity index (χ3v) is 3.86. The van der Waals surface area contributed by atoms with Crippen LogP contribution >= 0.6 is 0 Å². The van der Waals surface area contributed by atoms with Gasteiger partial charge in [0.2, 0.25) is 5.69 Å². The summed E-state index contributed by atoms with van der Waals surface area (Å²) in [7, 11) is -2.93. The number of aromatic nitrogens is 1. The summed E-state index contributed by atoms with van der Waals surface area (Å²) in [6, 6.07) is 9.58. The molecular weight excluding hydrogens is 278 g/mol. The zero-order chi connectivity index (χ0) is 14.9. The molecular formula is C14H13NO4S. The average Bonchev–Trinajstić information content (AvgIpc) is 2.37. The number of hydrogen-bond donors (Lipinski definition) is 0. The Morgan fingerprint density at radius 1 is 1.15 bits per heavy atom. The van der Waals surface area contributed by atoms with Gasteiger partial charge >= 0.3 is 0 Å². The van der Waals surface area contributed by atoms with Crippen LogP contribution < -0.4 is 4.57 Å². The van der Waals surface area contributed by atoms with Gasteiger partial charge in [0.1, 0.15) is 17.2 Å². The van der Waals surface area contributed by atoms with Crippen LogP contribution in [0.4, 0.5) is 0 Å². The van der Waals surface area contributed by atoms with Crippen molar-refractivity contribution < 1.29 is 22.3 Å². The molecule has 104 valence electrons. The maximum absolute atomic E-state index is 11.8. The zero-order valence-corrected chi connectivity index (χ0v) is 11.8. The second-order valence-corrected chi connectivity index (χ2v) is 5.73. The molecule has 0 aliphatic rings. The lowest BCUT2D eigenvalue weighted by Crippen LogP contribution is -2.30. The second kappa shape index (κ2) is 5.15. The Bertz CT molecular complexity index is 782. The van der Waals surface area contributed by atoms with Crippen molar-refractivity contribution in [2.45, 2.75) is 11.8 Å². The summed E-state index contributed by atoms with van der Waals surface area (Å²) >= 11 is 0. The number of aryl methyl sites for hydroxylation is 1. The monoisotopic (exact) mass is 291 g/mol. The molecule has 0 saturated heterocycles. The molecule has 0 aliphatic heterocycles. The minimum Gasteiger partial charge on any atom is -0.744 e. The summed E-state index contributed by atoms with van der Waals surface area (Å²) in [5.74, 6) is -0.459. The van der Waals surface area contributed by atoms with Crippen molar-refractivity contribution >= 4 is 15.9 Å². The van der Waals surface area contributed by atoms with Gasteiger partial charge in [-0.2, -0.15) is 0 Å². The SMILES string of the molecule is CC(=O)c1c(-c2cccc[n+]2C)cccc1S(=O)(=O)[O-]. The van der Waals surface area contributed by atoms with E-state index in [0.29, 0.717) is 11.3 Å². The van der Waals surface area contributed by atoms with E-state index in [1.165, 1.54) is 13.0 Å². The Morgan fingerprint density at radius 2 is 1.85 bits per heavy atom. The second-order valence-electron chi connectivity index (χ2n) is 4.39. The average molecular weight is 291 g/mol. The number of carbonyl (C=O) groups is 1. The predicted molar refractivity (Wildman–Crippen MR) is 71.0 cm³/mol. The lowest BCUT2D eigenvalue weighted by atomic mass is 10.0. The van der Waals surface area contributed by atoms with E-state index in [2.05, 4.69) is 0 Å². The zero-order valence-electron chi connectivity index (χ0n) is 11.0. The molecule has 1 aromatic carbocycles. The van der Waals surface area contributed by atoms with Gasteiger partial charge in [-0.05, 0) is 25.1 Å². The number of nitrogens with zero attached hydrogens (tertiary/aromatic N) is 1. The highest BCUT2D eigenvalue weighted by Crippen LogP contribution is 2.27. The van der Waals surface area contributed by atoms with Gasteiger partial charge < -0.3 is 4.55 Å². The minimum absolute atomic E-state index is 0.0655. The molecule has 0 radical (unpaired) electrons. The minimum atomic E-state index is -4.70. The first-order chi connectivity index (χ1) is 9.32. The Morgan fingerprint density at radius 3 is 2.40 bits per heavy atom. The molecule has 20 heavy (non-hydrogen) atoms. The summed E-state index contributed by atoms with van der Waals surface area (Å²) in [6.07, 6.45) is 1.78. The molecule has 0 bridgehead atoms. The fourth-order valence-electron chi connectivity index (χ4n) is 2.12. The third kappa shape index (κ3) is 2.61. The highest BCUT2D eigenvalue weighted by Gasteiger charge is 2.21. The molecule has 0 fully saturated rings. The van der Waals surface area contributed by atoms with Crippen molar-refractivity contribution in [3.05, 3.63) is 48.2 Å². The Balaban J connectivity index is 2.86. The first-order valence-electron chi connectivity index (χ1n) is 5.87. The van der Waals surface area contributed by atoms with Crippen molar-refractivity contribution in [2.24, 2.45) is 7.05 Å². The lowest BCUT2D eigenvalue weighted by Gasteiger charge is -2.14. The molecule has 6 heteroatoms. The summed E-state index contributed by atoms with van der Waals surface area (Å²) < 4.78 is 35.7. The molecule has 2 rings (SSSR count). The molecule has 5 nitrogen and oxygen atoms in total. The quantitative estimate of drug-likeness (QED) is 0.485. The highest BCUT2D eigenvalue weighted by atomic mass is 32.2. The van der Waals surface area contributed by atoms with Crippen LogP contribution in [0.2, 0.25) is 0 Å². The van der Waals surface area contributed by atoms with E-state index in [1.54, 1.807) is 36.0 Å². The van der Waals surface area contributed by atoms with E-state index >= 15 is 0 Å². The van der Waals surface area contributed by atoms with Gasteiger partial charge in [0.25, 0.3) is 0 Å². The van der Waals surface area contributed by atoms with Crippen LogP contribution in [0.25, 0.3) is 11.3 Å². The first kappa shape index (κ1) is 14.4. The first-order valence-corrected chi connectivity index (χ1v) is 7.28.